The number of carbonyl (C=O) groups excluding carboxylic acids is 1. The van der Waals surface area contributed by atoms with Crippen LogP contribution in [0.15, 0.2) is 18.2 Å². The fraction of sp³-hybridized carbons (Fsp3) is 0.438. The summed E-state index contributed by atoms with van der Waals surface area (Å²) in [7, 11) is 0. The quantitative estimate of drug-likeness (QED) is 0.682. The highest BCUT2D eigenvalue weighted by atomic mass is 16.5. The van der Waals surface area contributed by atoms with Gasteiger partial charge >= 0.3 is 0 Å². The number of amides is 1. The molecule has 0 atom stereocenters. The van der Waals surface area contributed by atoms with Crippen LogP contribution in [0.25, 0.3) is 10.9 Å². The summed E-state index contributed by atoms with van der Waals surface area (Å²) >= 11 is 0. The number of fused-ring (bicyclic) bond motifs is 1. The number of aromatic amines is 1. The van der Waals surface area contributed by atoms with Crippen LogP contribution in [-0.2, 0) is 4.74 Å². The van der Waals surface area contributed by atoms with Gasteiger partial charge in [0.15, 0.2) is 0 Å². The molecule has 1 heterocycles. The lowest BCUT2D eigenvalue weighted by Gasteiger charge is -2.05. The van der Waals surface area contributed by atoms with E-state index >= 15 is 0 Å². The summed E-state index contributed by atoms with van der Waals surface area (Å²) in [4.78, 5) is 15.4. The Kier molecular flexibility index (Phi) is 5.36. The number of hydrogen-bond acceptors (Lipinski definition) is 3. The highest BCUT2D eigenvalue weighted by Gasteiger charge is 2.14. The minimum atomic E-state index is -0.0940. The first kappa shape index (κ1) is 15.5. The summed E-state index contributed by atoms with van der Waals surface area (Å²) in [5, 5.41) is 12.5. The number of aromatic nitrogens is 1. The van der Waals surface area contributed by atoms with Crippen LogP contribution in [-0.4, -0.2) is 42.4 Å². The zero-order chi connectivity index (χ0) is 15.2. The van der Waals surface area contributed by atoms with E-state index in [4.69, 9.17) is 9.84 Å². The van der Waals surface area contributed by atoms with Crippen LogP contribution < -0.4 is 5.32 Å². The number of carbonyl (C=O) groups is 1. The molecule has 0 aliphatic carbocycles. The molecule has 2 rings (SSSR count). The minimum absolute atomic E-state index is 0.0278. The second-order valence-corrected chi connectivity index (χ2v) is 5.12. The molecular weight excluding hydrogens is 268 g/mol. The topological polar surface area (TPSA) is 74.4 Å². The van der Waals surface area contributed by atoms with E-state index in [0.717, 1.165) is 22.9 Å². The molecule has 0 aliphatic heterocycles. The molecule has 5 heteroatoms. The van der Waals surface area contributed by atoms with Crippen molar-refractivity contribution in [3.05, 3.63) is 35.0 Å². The first-order valence-corrected chi connectivity index (χ1v) is 7.19. The Balaban J connectivity index is 1.95. The van der Waals surface area contributed by atoms with E-state index in [1.54, 1.807) is 0 Å². The number of aliphatic hydroxyl groups excluding tert-OH is 1. The largest absolute Gasteiger partial charge is 0.394 e. The van der Waals surface area contributed by atoms with Gasteiger partial charge in [0.2, 0.25) is 0 Å². The Morgan fingerprint density at radius 2 is 2.14 bits per heavy atom. The summed E-state index contributed by atoms with van der Waals surface area (Å²) < 4.78 is 5.15. The molecule has 1 aromatic carbocycles. The van der Waals surface area contributed by atoms with Crippen molar-refractivity contribution in [3.63, 3.8) is 0 Å². The summed E-state index contributed by atoms with van der Waals surface area (Å²) in [5.74, 6) is -0.0940. The standard InChI is InChI=1S/C16H22N2O3/c1-11-4-5-14-13(10-11)12(2)15(18-14)16(20)17-6-3-8-21-9-7-19/h4-5,10,18-19H,3,6-9H2,1-2H3,(H,17,20). The van der Waals surface area contributed by atoms with Crippen molar-refractivity contribution in [2.75, 3.05) is 26.4 Å². The fourth-order valence-corrected chi connectivity index (χ4v) is 2.30. The van der Waals surface area contributed by atoms with Gasteiger partial charge in [0.05, 0.1) is 13.2 Å². The Hall–Kier alpha value is -1.85. The molecule has 1 aromatic heterocycles. The first-order valence-electron chi connectivity index (χ1n) is 7.19. The van der Waals surface area contributed by atoms with Gasteiger partial charge in [0.1, 0.15) is 5.69 Å². The van der Waals surface area contributed by atoms with Gasteiger partial charge in [-0.05, 0) is 38.0 Å². The van der Waals surface area contributed by atoms with Gasteiger partial charge in [-0.25, -0.2) is 0 Å². The van der Waals surface area contributed by atoms with Crippen molar-refractivity contribution in [2.24, 2.45) is 0 Å². The molecule has 1 amide bonds. The third-order valence-electron chi connectivity index (χ3n) is 3.43. The van der Waals surface area contributed by atoms with E-state index in [1.807, 2.05) is 26.0 Å². The summed E-state index contributed by atoms with van der Waals surface area (Å²) in [6.07, 6.45) is 0.726. The number of aliphatic hydroxyl groups is 1. The summed E-state index contributed by atoms with van der Waals surface area (Å²) in [6, 6.07) is 6.11. The van der Waals surface area contributed by atoms with Gasteiger partial charge in [-0.15, -0.1) is 0 Å². The number of H-pyrrole nitrogens is 1. The van der Waals surface area contributed by atoms with Gasteiger partial charge in [-0.2, -0.15) is 0 Å². The third kappa shape index (κ3) is 3.83. The zero-order valence-corrected chi connectivity index (χ0v) is 12.5. The van der Waals surface area contributed by atoms with Crippen molar-refractivity contribution in [2.45, 2.75) is 20.3 Å². The van der Waals surface area contributed by atoms with Gasteiger partial charge in [-0.1, -0.05) is 11.6 Å². The molecule has 5 nitrogen and oxygen atoms in total. The summed E-state index contributed by atoms with van der Waals surface area (Å²) in [5.41, 5.74) is 3.75. The first-order chi connectivity index (χ1) is 10.1. The Labute approximate surface area is 124 Å². The Morgan fingerprint density at radius 1 is 1.33 bits per heavy atom. The highest BCUT2D eigenvalue weighted by molar-refractivity contribution is 6.00. The number of rotatable bonds is 7. The van der Waals surface area contributed by atoms with E-state index < -0.39 is 0 Å². The van der Waals surface area contributed by atoms with Crippen LogP contribution in [0.2, 0.25) is 0 Å². The lowest BCUT2D eigenvalue weighted by Crippen LogP contribution is -2.26. The lowest BCUT2D eigenvalue weighted by atomic mass is 10.1. The molecule has 0 spiro atoms. The predicted octanol–water partition coefficient (Wildman–Crippen LogP) is 1.91. The molecule has 0 radical (unpaired) electrons. The van der Waals surface area contributed by atoms with Gasteiger partial charge in [0, 0.05) is 24.1 Å². The van der Waals surface area contributed by atoms with Crippen LogP contribution in [0.4, 0.5) is 0 Å². The van der Waals surface area contributed by atoms with Crippen molar-refractivity contribution in [1.82, 2.24) is 10.3 Å². The molecular formula is C16H22N2O3. The van der Waals surface area contributed by atoms with E-state index in [2.05, 4.69) is 16.4 Å². The normalized spacial score (nSPS) is 11.0. The second-order valence-electron chi connectivity index (χ2n) is 5.12. The van der Waals surface area contributed by atoms with Crippen molar-refractivity contribution >= 4 is 16.8 Å². The molecule has 2 aromatic rings. The third-order valence-corrected chi connectivity index (χ3v) is 3.43. The predicted molar refractivity (Wildman–Crippen MR) is 82.6 cm³/mol. The van der Waals surface area contributed by atoms with Crippen LogP contribution in [0.5, 0.6) is 0 Å². The molecule has 0 saturated heterocycles. The Bertz CT molecular complexity index is 619. The van der Waals surface area contributed by atoms with E-state index in [0.29, 0.717) is 25.5 Å². The number of aryl methyl sites for hydroxylation is 2. The van der Waals surface area contributed by atoms with Crippen LogP contribution in [0.1, 0.15) is 28.0 Å². The smallest absolute Gasteiger partial charge is 0.268 e. The van der Waals surface area contributed by atoms with E-state index in [-0.39, 0.29) is 12.5 Å². The number of benzene rings is 1. The number of hydrogen-bond donors (Lipinski definition) is 3. The maximum Gasteiger partial charge on any atom is 0.268 e. The average molecular weight is 290 g/mol. The van der Waals surface area contributed by atoms with E-state index in [1.165, 1.54) is 5.56 Å². The molecule has 0 bridgehead atoms. The molecule has 0 aliphatic rings. The molecule has 21 heavy (non-hydrogen) atoms. The molecule has 3 N–H and O–H groups in total. The number of ether oxygens (including phenoxy) is 1. The zero-order valence-electron chi connectivity index (χ0n) is 12.5. The van der Waals surface area contributed by atoms with E-state index in [9.17, 15) is 4.79 Å². The molecule has 0 saturated carbocycles. The fourth-order valence-electron chi connectivity index (χ4n) is 2.30. The van der Waals surface area contributed by atoms with Gasteiger partial charge < -0.3 is 20.1 Å². The SMILES string of the molecule is Cc1ccc2[nH]c(C(=O)NCCCOCCO)c(C)c2c1. The number of nitrogens with one attached hydrogen (secondary N) is 2. The Morgan fingerprint density at radius 3 is 2.90 bits per heavy atom. The average Bonchev–Trinajstić information content (AvgIpc) is 2.79. The lowest BCUT2D eigenvalue weighted by molar-refractivity contribution is 0.0866. The van der Waals surface area contributed by atoms with Crippen LogP contribution in [0, 0.1) is 13.8 Å². The summed E-state index contributed by atoms with van der Waals surface area (Å²) in [6.45, 7) is 5.45. The van der Waals surface area contributed by atoms with Crippen molar-refractivity contribution < 1.29 is 14.6 Å². The molecule has 0 fully saturated rings. The van der Waals surface area contributed by atoms with Crippen molar-refractivity contribution in [3.8, 4) is 0 Å². The van der Waals surface area contributed by atoms with Crippen molar-refractivity contribution in [1.29, 1.82) is 0 Å². The van der Waals surface area contributed by atoms with Crippen LogP contribution in [0.3, 0.4) is 0 Å². The minimum Gasteiger partial charge on any atom is -0.394 e. The molecule has 0 unspecified atom stereocenters. The van der Waals surface area contributed by atoms with Gasteiger partial charge in [-0.3, -0.25) is 4.79 Å². The van der Waals surface area contributed by atoms with Crippen LogP contribution >= 0.6 is 0 Å². The maximum atomic E-state index is 12.2. The highest BCUT2D eigenvalue weighted by Crippen LogP contribution is 2.22. The van der Waals surface area contributed by atoms with Gasteiger partial charge in [0.25, 0.3) is 5.91 Å². The molecule has 114 valence electrons. The second kappa shape index (κ2) is 7.24. The maximum absolute atomic E-state index is 12.2. The monoisotopic (exact) mass is 290 g/mol.